The highest BCUT2D eigenvalue weighted by atomic mass is 32.1. The van der Waals surface area contributed by atoms with Gasteiger partial charge in [0.05, 0.1) is 6.04 Å². The fourth-order valence-corrected chi connectivity index (χ4v) is 4.32. The van der Waals surface area contributed by atoms with Gasteiger partial charge in [-0.2, -0.15) is 0 Å². The molecule has 1 aromatic carbocycles. The third kappa shape index (κ3) is 3.32. The molecule has 5 nitrogen and oxygen atoms in total. The number of hydrogen-bond donors (Lipinski definition) is 1. The van der Waals surface area contributed by atoms with E-state index in [9.17, 15) is 4.79 Å². The Morgan fingerprint density at radius 2 is 2.04 bits per heavy atom. The minimum Gasteiger partial charge on any atom is -0.349 e. The molecule has 0 spiro atoms. The van der Waals surface area contributed by atoms with Crippen molar-refractivity contribution in [2.24, 2.45) is 0 Å². The van der Waals surface area contributed by atoms with Gasteiger partial charge in [0.25, 0.3) is 5.91 Å². The van der Waals surface area contributed by atoms with Gasteiger partial charge in [-0.15, -0.1) is 11.3 Å². The van der Waals surface area contributed by atoms with Gasteiger partial charge >= 0.3 is 0 Å². The van der Waals surface area contributed by atoms with Crippen LogP contribution in [-0.4, -0.2) is 39.8 Å². The summed E-state index contributed by atoms with van der Waals surface area (Å²) in [7, 11) is 0. The second-order valence-corrected chi connectivity index (χ2v) is 7.37. The molecule has 2 aromatic heterocycles. The molecule has 4 rings (SSSR count). The molecular weight excluding hydrogens is 332 g/mol. The number of carbonyl (C=O) groups excluding carboxylic acids is 1. The molecular formula is C19H22N4OS. The van der Waals surface area contributed by atoms with E-state index >= 15 is 0 Å². The molecule has 1 saturated heterocycles. The number of amides is 1. The van der Waals surface area contributed by atoms with Crippen LogP contribution in [0.25, 0.3) is 4.96 Å². The lowest BCUT2D eigenvalue weighted by Crippen LogP contribution is -2.36. The minimum absolute atomic E-state index is 0.101. The number of carbonyl (C=O) groups is 1. The van der Waals surface area contributed by atoms with Gasteiger partial charge in [-0.05, 0) is 38.4 Å². The second-order valence-electron chi connectivity index (χ2n) is 6.54. The first-order chi connectivity index (χ1) is 12.2. The van der Waals surface area contributed by atoms with Crippen LogP contribution in [0, 0.1) is 6.92 Å². The van der Waals surface area contributed by atoms with E-state index in [1.807, 2.05) is 29.0 Å². The summed E-state index contributed by atoms with van der Waals surface area (Å²) in [5, 5.41) is 5.14. The number of benzene rings is 1. The van der Waals surface area contributed by atoms with Gasteiger partial charge < -0.3 is 5.32 Å². The highest BCUT2D eigenvalue weighted by Gasteiger charge is 2.24. The predicted molar refractivity (Wildman–Crippen MR) is 100 cm³/mol. The van der Waals surface area contributed by atoms with Gasteiger partial charge in [0, 0.05) is 23.8 Å². The van der Waals surface area contributed by atoms with Crippen molar-refractivity contribution in [1.29, 1.82) is 0 Å². The van der Waals surface area contributed by atoms with Crippen LogP contribution in [0.3, 0.4) is 0 Å². The molecule has 6 heteroatoms. The Hall–Kier alpha value is -2.18. The zero-order chi connectivity index (χ0) is 17.2. The van der Waals surface area contributed by atoms with Crippen LogP contribution in [0.4, 0.5) is 0 Å². The number of fused-ring (bicyclic) bond motifs is 1. The van der Waals surface area contributed by atoms with Gasteiger partial charge in [0.15, 0.2) is 4.96 Å². The molecule has 25 heavy (non-hydrogen) atoms. The van der Waals surface area contributed by atoms with Crippen molar-refractivity contribution >= 4 is 22.2 Å². The molecule has 1 amide bonds. The maximum absolute atomic E-state index is 12.6. The first-order valence-corrected chi connectivity index (χ1v) is 9.61. The first-order valence-electron chi connectivity index (χ1n) is 8.73. The van der Waals surface area contributed by atoms with Gasteiger partial charge in [0.2, 0.25) is 0 Å². The van der Waals surface area contributed by atoms with Crippen LogP contribution >= 0.6 is 11.3 Å². The molecule has 1 aliphatic heterocycles. The standard InChI is InChI=1S/C19H22N4OS/c1-14-13-25-19-21-16(12-23(14)19)18(24)20-11-17(22-9-5-6-10-22)15-7-3-2-4-8-15/h2-4,7-8,12-13,17H,5-6,9-11H2,1H3,(H,20,24). The molecule has 1 aliphatic rings. The quantitative estimate of drug-likeness (QED) is 0.765. The van der Waals surface area contributed by atoms with E-state index < -0.39 is 0 Å². The maximum atomic E-state index is 12.6. The van der Waals surface area contributed by atoms with Crippen LogP contribution in [-0.2, 0) is 0 Å². The Morgan fingerprint density at radius 3 is 2.76 bits per heavy atom. The van der Waals surface area contributed by atoms with E-state index in [2.05, 4.69) is 39.5 Å². The number of hydrogen-bond acceptors (Lipinski definition) is 4. The Bertz CT molecular complexity index is 864. The zero-order valence-corrected chi connectivity index (χ0v) is 15.1. The molecule has 1 fully saturated rings. The largest absolute Gasteiger partial charge is 0.349 e. The first kappa shape index (κ1) is 16.3. The van der Waals surface area contributed by atoms with Crippen molar-refractivity contribution in [2.45, 2.75) is 25.8 Å². The van der Waals surface area contributed by atoms with Gasteiger partial charge in [-0.3, -0.25) is 14.1 Å². The fourth-order valence-electron chi connectivity index (χ4n) is 3.47. The van der Waals surface area contributed by atoms with Crippen molar-refractivity contribution in [2.75, 3.05) is 19.6 Å². The summed E-state index contributed by atoms with van der Waals surface area (Å²) < 4.78 is 1.97. The Morgan fingerprint density at radius 1 is 1.28 bits per heavy atom. The Labute approximate surface area is 151 Å². The summed E-state index contributed by atoms with van der Waals surface area (Å²) >= 11 is 1.56. The van der Waals surface area contributed by atoms with E-state index in [0.29, 0.717) is 12.2 Å². The molecule has 130 valence electrons. The molecule has 0 aliphatic carbocycles. The average Bonchev–Trinajstić information content (AvgIpc) is 3.36. The van der Waals surface area contributed by atoms with E-state index in [1.165, 1.54) is 18.4 Å². The van der Waals surface area contributed by atoms with Gasteiger partial charge in [-0.1, -0.05) is 30.3 Å². The zero-order valence-electron chi connectivity index (χ0n) is 14.3. The van der Waals surface area contributed by atoms with Crippen LogP contribution in [0.2, 0.25) is 0 Å². The molecule has 0 saturated carbocycles. The third-order valence-electron chi connectivity index (χ3n) is 4.84. The summed E-state index contributed by atoms with van der Waals surface area (Å²) in [6.45, 7) is 4.81. The number of aryl methyl sites for hydroxylation is 1. The van der Waals surface area contributed by atoms with Gasteiger partial charge in [0.1, 0.15) is 5.69 Å². The second kappa shape index (κ2) is 6.98. The molecule has 0 radical (unpaired) electrons. The number of rotatable bonds is 5. The number of likely N-dealkylation sites (tertiary alicyclic amines) is 1. The smallest absolute Gasteiger partial charge is 0.271 e. The highest BCUT2D eigenvalue weighted by molar-refractivity contribution is 7.15. The van der Waals surface area contributed by atoms with Crippen molar-refractivity contribution < 1.29 is 4.79 Å². The lowest BCUT2D eigenvalue weighted by molar-refractivity contribution is 0.0933. The molecule has 1 atom stereocenters. The van der Waals surface area contributed by atoms with Crippen molar-refractivity contribution in [3.63, 3.8) is 0 Å². The van der Waals surface area contributed by atoms with Gasteiger partial charge in [-0.25, -0.2) is 4.98 Å². The number of aromatic nitrogens is 2. The van der Waals surface area contributed by atoms with E-state index in [0.717, 1.165) is 23.7 Å². The summed E-state index contributed by atoms with van der Waals surface area (Å²) in [5.41, 5.74) is 2.85. The average molecular weight is 354 g/mol. The van der Waals surface area contributed by atoms with Crippen molar-refractivity contribution in [3.8, 4) is 0 Å². The van der Waals surface area contributed by atoms with Crippen LogP contribution in [0.5, 0.6) is 0 Å². The number of nitrogens with zero attached hydrogens (tertiary/aromatic N) is 3. The van der Waals surface area contributed by atoms with E-state index in [-0.39, 0.29) is 11.9 Å². The molecule has 1 unspecified atom stereocenters. The maximum Gasteiger partial charge on any atom is 0.271 e. The molecule has 3 heterocycles. The molecule has 0 bridgehead atoms. The Kier molecular flexibility index (Phi) is 4.55. The number of thiazole rings is 1. The van der Waals surface area contributed by atoms with E-state index in [4.69, 9.17) is 0 Å². The summed E-state index contributed by atoms with van der Waals surface area (Å²) in [6.07, 6.45) is 4.28. The summed E-state index contributed by atoms with van der Waals surface area (Å²) in [6, 6.07) is 10.7. The summed E-state index contributed by atoms with van der Waals surface area (Å²) in [4.78, 5) is 20.3. The van der Waals surface area contributed by atoms with Crippen LogP contribution < -0.4 is 5.32 Å². The number of imidazole rings is 1. The third-order valence-corrected chi connectivity index (χ3v) is 5.80. The lowest BCUT2D eigenvalue weighted by Gasteiger charge is -2.28. The summed E-state index contributed by atoms with van der Waals surface area (Å²) in [5.74, 6) is -0.101. The lowest BCUT2D eigenvalue weighted by atomic mass is 10.1. The monoisotopic (exact) mass is 354 g/mol. The van der Waals surface area contributed by atoms with Crippen molar-refractivity contribution in [1.82, 2.24) is 19.6 Å². The fraction of sp³-hybridized carbons (Fsp3) is 0.368. The normalized spacial score (nSPS) is 16.4. The molecule has 3 aromatic rings. The Balaban J connectivity index is 1.49. The SMILES string of the molecule is Cc1csc2nc(C(=O)NCC(c3ccccc3)N3CCCC3)cn12. The topological polar surface area (TPSA) is 49.6 Å². The van der Waals surface area contributed by atoms with E-state index in [1.54, 1.807) is 11.3 Å². The number of nitrogens with one attached hydrogen (secondary N) is 1. The highest BCUT2D eigenvalue weighted by Crippen LogP contribution is 2.24. The van der Waals surface area contributed by atoms with Crippen LogP contribution in [0.15, 0.2) is 41.9 Å². The molecule has 1 N–H and O–H groups in total. The van der Waals surface area contributed by atoms with Crippen molar-refractivity contribution in [3.05, 3.63) is 58.9 Å². The van der Waals surface area contributed by atoms with Crippen LogP contribution in [0.1, 0.15) is 40.6 Å². The predicted octanol–water partition coefficient (Wildman–Crippen LogP) is 3.27. The minimum atomic E-state index is -0.101.